The number of hydrogen-bond donors (Lipinski definition) is 2. The molecule has 1 heterocycles. The van der Waals surface area contributed by atoms with Gasteiger partial charge in [-0.2, -0.15) is 4.98 Å². The average molecular weight is 329 g/mol. The van der Waals surface area contributed by atoms with Gasteiger partial charge < -0.3 is 16.0 Å². The number of benzene rings is 1. The first-order chi connectivity index (χ1) is 9.95. The van der Waals surface area contributed by atoms with E-state index in [9.17, 15) is 4.79 Å². The molecule has 112 valence electrons. The molecule has 0 spiro atoms. The van der Waals surface area contributed by atoms with Crippen molar-refractivity contribution in [3.8, 4) is 0 Å². The molecular formula is C13H14Cl2N4O2. The molecule has 8 heteroatoms. The molecule has 1 aromatic carbocycles. The third-order valence-corrected chi connectivity index (χ3v) is 3.45. The van der Waals surface area contributed by atoms with Crippen LogP contribution >= 0.6 is 23.2 Å². The Morgan fingerprint density at radius 3 is 2.81 bits per heavy atom. The van der Waals surface area contributed by atoms with Crippen molar-refractivity contribution < 1.29 is 9.32 Å². The zero-order valence-corrected chi connectivity index (χ0v) is 12.6. The van der Waals surface area contributed by atoms with E-state index in [2.05, 4.69) is 10.1 Å². The van der Waals surface area contributed by atoms with Gasteiger partial charge in [-0.25, -0.2) is 0 Å². The summed E-state index contributed by atoms with van der Waals surface area (Å²) in [5.41, 5.74) is 11.8. The monoisotopic (exact) mass is 328 g/mol. The van der Waals surface area contributed by atoms with Crippen molar-refractivity contribution in [2.45, 2.75) is 25.3 Å². The van der Waals surface area contributed by atoms with Crippen LogP contribution in [0.25, 0.3) is 0 Å². The summed E-state index contributed by atoms with van der Waals surface area (Å²) in [5, 5.41) is 4.94. The number of primary amides is 1. The molecule has 0 aliphatic carbocycles. The third kappa shape index (κ3) is 4.42. The summed E-state index contributed by atoms with van der Waals surface area (Å²) in [7, 11) is 0. The molecule has 2 rings (SSSR count). The molecule has 21 heavy (non-hydrogen) atoms. The molecule has 1 atom stereocenters. The van der Waals surface area contributed by atoms with Crippen molar-refractivity contribution in [1.29, 1.82) is 0 Å². The molecule has 0 saturated carbocycles. The quantitative estimate of drug-likeness (QED) is 0.845. The second-order valence-electron chi connectivity index (χ2n) is 4.57. The van der Waals surface area contributed by atoms with Gasteiger partial charge in [-0.1, -0.05) is 34.4 Å². The normalized spacial score (nSPS) is 12.3. The van der Waals surface area contributed by atoms with E-state index in [1.807, 2.05) is 0 Å². The Hall–Kier alpha value is -1.63. The van der Waals surface area contributed by atoms with Crippen LogP contribution in [-0.4, -0.2) is 16.0 Å². The predicted octanol–water partition coefficient (Wildman–Crippen LogP) is 2.23. The summed E-state index contributed by atoms with van der Waals surface area (Å²) >= 11 is 11.9. The van der Waals surface area contributed by atoms with E-state index in [4.69, 9.17) is 39.2 Å². The molecule has 1 amide bonds. The van der Waals surface area contributed by atoms with Crippen molar-refractivity contribution in [1.82, 2.24) is 10.1 Å². The number of hydrogen-bond acceptors (Lipinski definition) is 5. The van der Waals surface area contributed by atoms with Crippen LogP contribution in [0.4, 0.5) is 0 Å². The van der Waals surface area contributed by atoms with E-state index in [1.54, 1.807) is 18.2 Å². The first kappa shape index (κ1) is 15.8. The van der Waals surface area contributed by atoms with E-state index in [0.717, 1.165) is 5.56 Å². The highest BCUT2D eigenvalue weighted by atomic mass is 35.5. The van der Waals surface area contributed by atoms with E-state index in [0.29, 0.717) is 28.7 Å². The minimum Gasteiger partial charge on any atom is -0.370 e. The summed E-state index contributed by atoms with van der Waals surface area (Å²) in [5.74, 6) is 0.318. The van der Waals surface area contributed by atoms with Gasteiger partial charge in [0, 0.05) is 22.9 Å². The van der Waals surface area contributed by atoms with E-state index >= 15 is 0 Å². The minimum atomic E-state index is -0.514. The van der Waals surface area contributed by atoms with Crippen LogP contribution in [0.2, 0.25) is 10.0 Å². The second kappa shape index (κ2) is 6.89. The second-order valence-corrected chi connectivity index (χ2v) is 5.42. The highest BCUT2D eigenvalue weighted by molar-refractivity contribution is 6.35. The standard InChI is InChI=1S/C13H14Cl2N4O2/c14-8-2-1-7(9(15)6-8)5-12-18-13(21-19-12)10(16)3-4-11(17)20/h1-2,6,10H,3-5,16H2,(H2,17,20)/t10-/m0/s1. The minimum absolute atomic E-state index is 0.169. The summed E-state index contributed by atoms with van der Waals surface area (Å²) in [4.78, 5) is 14.9. The molecule has 0 saturated heterocycles. The number of carbonyl (C=O) groups is 1. The lowest BCUT2D eigenvalue weighted by molar-refractivity contribution is -0.118. The van der Waals surface area contributed by atoms with E-state index in [-0.39, 0.29) is 12.3 Å². The molecule has 2 aromatic rings. The van der Waals surface area contributed by atoms with Crippen molar-refractivity contribution in [2.24, 2.45) is 11.5 Å². The molecule has 1 aromatic heterocycles. The maximum Gasteiger partial charge on any atom is 0.243 e. The van der Waals surface area contributed by atoms with Gasteiger partial charge in [0.25, 0.3) is 0 Å². The number of rotatable bonds is 6. The first-order valence-electron chi connectivity index (χ1n) is 6.26. The number of carbonyl (C=O) groups excluding carboxylic acids is 1. The van der Waals surface area contributed by atoms with Crippen LogP contribution in [0.1, 0.15) is 36.2 Å². The molecule has 0 unspecified atom stereocenters. The molecule has 6 nitrogen and oxygen atoms in total. The Morgan fingerprint density at radius 1 is 1.38 bits per heavy atom. The molecule has 0 fully saturated rings. The highest BCUT2D eigenvalue weighted by Crippen LogP contribution is 2.23. The fraction of sp³-hybridized carbons (Fsp3) is 0.308. The van der Waals surface area contributed by atoms with Gasteiger partial charge in [0.05, 0.1) is 6.04 Å². The fourth-order valence-corrected chi connectivity index (χ4v) is 2.22. The highest BCUT2D eigenvalue weighted by Gasteiger charge is 2.16. The lowest BCUT2D eigenvalue weighted by atomic mass is 10.1. The molecule has 4 N–H and O–H groups in total. The summed E-state index contributed by atoms with van der Waals surface area (Å²) in [6.07, 6.45) is 0.933. The van der Waals surface area contributed by atoms with Crippen LogP contribution in [0.3, 0.4) is 0 Å². The van der Waals surface area contributed by atoms with Gasteiger partial charge in [0.2, 0.25) is 11.8 Å². The Labute approximate surface area is 131 Å². The number of nitrogens with zero attached hydrogens (tertiary/aromatic N) is 2. The summed E-state index contributed by atoms with van der Waals surface area (Å²) < 4.78 is 5.09. The zero-order valence-electron chi connectivity index (χ0n) is 11.1. The van der Waals surface area contributed by atoms with E-state index in [1.165, 1.54) is 0 Å². The number of amides is 1. The van der Waals surface area contributed by atoms with Gasteiger partial charge in [-0.15, -0.1) is 0 Å². The Bertz CT molecular complexity index is 645. The Morgan fingerprint density at radius 2 is 2.14 bits per heavy atom. The third-order valence-electron chi connectivity index (χ3n) is 2.87. The van der Waals surface area contributed by atoms with Crippen LogP contribution in [0, 0.1) is 0 Å². The smallest absolute Gasteiger partial charge is 0.243 e. The molecule has 0 radical (unpaired) electrons. The van der Waals surface area contributed by atoms with Crippen LogP contribution < -0.4 is 11.5 Å². The van der Waals surface area contributed by atoms with Gasteiger partial charge in [-0.05, 0) is 24.1 Å². The van der Waals surface area contributed by atoms with E-state index < -0.39 is 11.9 Å². The van der Waals surface area contributed by atoms with Crippen molar-refractivity contribution in [3.63, 3.8) is 0 Å². The first-order valence-corrected chi connectivity index (χ1v) is 7.01. The molecule has 0 aliphatic rings. The van der Waals surface area contributed by atoms with Crippen molar-refractivity contribution in [2.75, 3.05) is 0 Å². The number of halogens is 2. The summed E-state index contributed by atoms with van der Waals surface area (Å²) in [6, 6.07) is 4.67. The lowest BCUT2D eigenvalue weighted by Gasteiger charge is -2.03. The number of aromatic nitrogens is 2. The van der Waals surface area contributed by atoms with Crippen LogP contribution in [0.15, 0.2) is 22.7 Å². The van der Waals surface area contributed by atoms with Gasteiger partial charge in [-0.3, -0.25) is 4.79 Å². The van der Waals surface area contributed by atoms with Crippen molar-refractivity contribution in [3.05, 3.63) is 45.5 Å². The van der Waals surface area contributed by atoms with Crippen LogP contribution in [-0.2, 0) is 11.2 Å². The fourth-order valence-electron chi connectivity index (χ4n) is 1.75. The maximum absolute atomic E-state index is 10.7. The molecular weight excluding hydrogens is 315 g/mol. The lowest BCUT2D eigenvalue weighted by Crippen LogP contribution is -2.16. The predicted molar refractivity (Wildman–Crippen MR) is 78.9 cm³/mol. The van der Waals surface area contributed by atoms with Crippen molar-refractivity contribution >= 4 is 29.1 Å². The number of nitrogens with two attached hydrogens (primary N) is 2. The summed E-state index contributed by atoms with van der Waals surface area (Å²) in [6.45, 7) is 0. The van der Waals surface area contributed by atoms with Gasteiger partial charge in [0.15, 0.2) is 5.82 Å². The van der Waals surface area contributed by atoms with Crippen LogP contribution in [0.5, 0.6) is 0 Å². The SMILES string of the molecule is NC(=O)CC[C@H](N)c1nc(Cc2ccc(Cl)cc2Cl)no1. The maximum atomic E-state index is 10.7. The zero-order chi connectivity index (χ0) is 15.4. The largest absolute Gasteiger partial charge is 0.370 e. The average Bonchev–Trinajstić information content (AvgIpc) is 2.88. The Balaban J connectivity index is 2.04. The Kier molecular flexibility index (Phi) is 5.17. The van der Waals surface area contributed by atoms with Gasteiger partial charge in [0.1, 0.15) is 0 Å². The molecule has 0 aliphatic heterocycles. The molecule has 0 bridgehead atoms. The topological polar surface area (TPSA) is 108 Å². The van der Waals surface area contributed by atoms with Gasteiger partial charge >= 0.3 is 0 Å².